The Morgan fingerprint density at radius 1 is 1.28 bits per heavy atom. The van der Waals surface area contributed by atoms with Gasteiger partial charge in [-0.1, -0.05) is 12.8 Å². The van der Waals surface area contributed by atoms with Gasteiger partial charge in [0.2, 0.25) is 5.91 Å². The highest BCUT2D eigenvalue weighted by molar-refractivity contribution is 5.81. The molecule has 2 aliphatic rings. The van der Waals surface area contributed by atoms with E-state index < -0.39 is 0 Å². The van der Waals surface area contributed by atoms with Crippen molar-refractivity contribution < 1.29 is 4.79 Å². The Kier molecular flexibility index (Phi) is 5.01. The third-order valence-electron chi connectivity index (χ3n) is 4.18. The summed E-state index contributed by atoms with van der Waals surface area (Å²) >= 11 is 0. The third kappa shape index (κ3) is 4.25. The lowest BCUT2D eigenvalue weighted by atomic mass is 10.2. The lowest BCUT2D eigenvalue weighted by molar-refractivity contribution is -0.123. The summed E-state index contributed by atoms with van der Waals surface area (Å²) in [6.07, 6.45) is 7.52. The highest BCUT2D eigenvalue weighted by Crippen LogP contribution is 2.24. The van der Waals surface area contributed by atoms with Gasteiger partial charge in [0.1, 0.15) is 0 Å². The van der Waals surface area contributed by atoms with Gasteiger partial charge in [-0.05, 0) is 39.7 Å². The molecule has 2 rings (SSSR count). The van der Waals surface area contributed by atoms with Crippen molar-refractivity contribution >= 4 is 5.91 Å². The summed E-state index contributed by atoms with van der Waals surface area (Å²) in [5.41, 5.74) is 0. The SMILES string of the molecule is CC(NCCN(C)C1CC1)C(=O)NC1CCCC1. The maximum Gasteiger partial charge on any atom is 0.237 e. The van der Waals surface area contributed by atoms with Crippen molar-refractivity contribution in [1.29, 1.82) is 0 Å². The molecule has 18 heavy (non-hydrogen) atoms. The predicted molar refractivity (Wildman–Crippen MR) is 73.5 cm³/mol. The number of likely N-dealkylation sites (N-methyl/N-ethyl adjacent to an activating group) is 1. The smallest absolute Gasteiger partial charge is 0.237 e. The Balaban J connectivity index is 1.57. The molecule has 0 spiro atoms. The maximum atomic E-state index is 11.9. The van der Waals surface area contributed by atoms with Crippen LogP contribution in [-0.4, -0.2) is 49.1 Å². The second kappa shape index (κ2) is 6.53. The molecule has 2 saturated carbocycles. The fourth-order valence-electron chi connectivity index (χ4n) is 2.64. The quantitative estimate of drug-likeness (QED) is 0.714. The molecule has 1 unspecified atom stereocenters. The monoisotopic (exact) mass is 253 g/mol. The summed E-state index contributed by atoms with van der Waals surface area (Å²) in [6, 6.07) is 1.16. The third-order valence-corrected chi connectivity index (χ3v) is 4.18. The summed E-state index contributed by atoms with van der Waals surface area (Å²) in [6.45, 7) is 3.89. The first kappa shape index (κ1) is 13.8. The van der Waals surface area contributed by atoms with E-state index >= 15 is 0 Å². The minimum Gasteiger partial charge on any atom is -0.352 e. The fraction of sp³-hybridized carbons (Fsp3) is 0.929. The lowest BCUT2D eigenvalue weighted by Gasteiger charge is -2.20. The normalized spacial score (nSPS) is 22.4. The largest absolute Gasteiger partial charge is 0.352 e. The molecule has 0 radical (unpaired) electrons. The molecule has 1 amide bonds. The van der Waals surface area contributed by atoms with Gasteiger partial charge in [0, 0.05) is 25.2 Å². The summed E-state index contributed by atoms with van der Waals surface area (Å²) in [7, 11) is 2.17. The second-order valence-electron chi connectivity index (χ2n) is 5.88. The molecule has 0 saturated heterocycles. The van der Waals surface area contributed by atoms with Gasteiger partial charge in [0.25, 0.3) is 0 Å². The molecule has 2 fully saturated rings. The number of nitrogens with one attached hydrogen (secondary N) is 2. The van der Waals surface area contributed by atoms with Gasteiger partial charge >= 0.3 is 0 Å². The summed E-state index contributed by atoms with van der Waals surface area (Å²) in [5.74, 6) is 0.163. The molecule has 0 aromatic rings. The number of carbonyl (C=O) groups is 1. The highest BCUT2D eigenvalue weighted by atomic mass is 16.2. The number of carbonyl (C=O) groups excluding carboxylic acids is 1. The van der Waals surface area contributed by atoms with Gasteiger partial charge in [0.15, 0.2) is 0 Å². The van der Waals surface area contributed by atoms with Crippen molar-refractivity contribution in [3.8, 4) is 0 Å². The molecular formula is C14H27N3O. The summed E-state index contributed by atoms with van der Waals surface area (Å²) < 4.78 is 0. The van der Waals surface area contributed by atoms with Crippen LogP contribution in [0.15, 0.2) is 0 Å². The van der Waals surface area contributed by atoms with Gasteiger partial charge in [-0.25, -0.2) is 0 Å². The van der Waals surface area contributed by atoms with Crippen LogP contribution in [0.1, 0.15) is 45.4 Å². The zero-order valence-electron chi connectivity index (χ0n) is 11.7. The summed E-state index contributed by atoms with van der Waals surface area (Å²) in [5, 5.41) is 6.45. The van der Waals surface area contributed by atoms with Crippen LogP contribution in [0, 0.1) is 0 Å². The van der Waals surface area contributed by atoms with Crippen LogP contribution in [0.4, 0.5) is 0 Å². The second-order valence-corrected chi connectivity index (χ2v) is 5.88. The fourth-order valence-corrected chi connectivity index (χ4v) is 2.64. The molecule has 4 nitrogen and oxygen atoms in total. The van der Waals surface area contributed by atoms with E-state index in [1.807, 2.05) is 6.92 Å². The van der Waals surface area contributed by atoms with E-state index in [-0.39, 0.29) is 11.9 Å². The predicted octanol–water partition coefficient (Wildman–Crippen LogP) is 1.12. The Bertz CT molecular complexity index is 272. The van der Waals surface area contributed by atoms with Gasteiger partial charge in [-0.3, -0.25) is 4.79 Å². The van der Waals surface area contributed by atoms with Crippen molar-refractivity contribution in [1.82, 2.24) is 15.5 Å². The van der Waals surface area contributed by atoms with E-state index in [9.17, 15) is 4.79 Å². The van der Waals surface area contributed by atoms with Crippen molar-refractivity contribution in [2.75, 3.05) is 20.1 Å². The standard InChI is InChI=1S/C14H27N3O/c1-11(14(18)16-12-5-3-4-6-12)15-9-10-17(2)13-7-8-13/h11-13,15H,3-10H2,1-2H3,(H,16,18). The molecule has 4 heteroatoms. The van der Waals surface area contributed by atoms with Gasteiger partial charge in [-0.2, -0.15) is 0 Å². The minimum absolute atomic E-state index is 0.0711. The Morgan fingerprint density at radius 2 is 1.94 bits per heavy atom. The van der Waals surface area contributed by atoms with Crippen LogP contribution in [0.5, 0.6) is 0 Å². The zero-order valence-corrected chi connectivity index (χ0v) is 11.7. The van der Waals surface area contributed by atoms with E-state index in [1.165, 1.54) is 25.7 Å². The van der Waals surface area contributed by atoms with Crippen LogP contribution >= 0.6 is 0 Å². The molecule has 1 atom stereocenters. The molecule has 0 bridgehead atoms. The van der Waals surface area contributed by atoms with Crippen molar-refractivity contribution in [3.05, 3.63) is 0 Å². The number of amides is 1. The van der Waals surface area contributed by atoms with Crippen molar-refractivity contribution in [2.45, 2.75) is 63.6 Å². The molecular weight excluding hydrogens is 226 g/mol. The average Bonchev–Trinajstić information content (AvgIpc) is 3.08. The number of rotatable bonds is 7. The topological polar surface area (TPSA) is 44.4 Å². The first-order valence-corrected chi connectivity index (χ1v) is 7.41. The molecule has 2 aliphatic carbocycles. The van der Waals surface area contributed by atoms with Crippen molar-refractivity contribution in [3.63, 3.8) is 0 Å². The Labute approximate surface area is 110 Å². The number of hydrogen-bond donors (Lipinski definition) is 2. The van der Waals surface area contributed by atoms with E-state index in [0.717, 1.165) is 32.0 Å². The number of nitrogens with zero attached hydrogens (tertiary/aromatic N) is 1. The zero-order chi connectivity index (χ0) is 13.0. The van der Waals surface area contributed by atoms with Gasteiger partial charge < -0.3 is 15.5 Å². The van der Waals surface area contributed by atoms with Gasteiger partial charge in [0.05, 0.1) is 6.04 Å². The Morgan fingerprint density at radius 3 is 2.56 bits per heavy atom. The van der Waals surface area contributed by atoms with Crippen LogP contribution < -0.4 is 10.6 Å². The molecule has 0 aromatic carbocycles. The van der Waals surface area contributed by atoms with Crippen LogP contribution in [0.3, 0.4) is 0 Å². The van der Waals surface area contributed by atoms with Gasteiger partial charge in [-0.15, -0.1) is 0 Å². The van der Waals surface area contributed by atoms with Crippen LogP contribution in [-0.2, 0) is 4.79 Å². The van der Waals surface area contributed by atoms with E-state index in [0.29, 0.717) is 6.04 Å². The van der Waals surface area contributed by atoms with E-state index in [2.05, 4.69) is 22.6 Å². The Hall–Kier alpha value is -0.610. The summed E-state index contributed by atoms with van der Waals surface area (Å²) in [4.78, 5) is 14.3. The average molecular weight is 253 g/mol. The lowest BCUT2D eigenvalue weighted by Crippen LogP contribution is -2.47. The molecule has 0 heterocycles. The van der Waals surface area contributed by atoms with Crippen LogP contribution in [0.25, 0.3) is 0 Å². The molecule has 0 aromatic heterocycles. The van der Waals surface area contributed by atoms with Crippen molar-refractivity contribution in [2.24, 2.45) is 0 Å². The maximum absolute atomic E-state index is 11.9. The van der Waals surface area contributed by atoms with E-state index in [1.54, 1.807) is 0 Å². The number of hydrogen-bond acceptors (Lipinski definition) is 3. The molecule has 0 aliphatic heterocycles. The van der Waals surface area contributed by atoms with Crippen LogP contribution in [0.2, 0.25) is 0 Å². The molecule has 104 valence electrons. The molecule has 2 N–H and O–H groups in total. The first-order chi connectivity index (χ1) is 8.66. The minimum atomic E-state index is -0.0711. The highest BCUT2D eigenvalue weighted by Gasteiger charge is 2.26. The van der Waals surface area contributed by atoms with E-state index in [4.69, 9.17) is 0 Å². The first-order valence-electron chi connectivity index (χ1n) is 7.41.